The molecule has 1 heterocycles. The Morgan fingerprint density at radius 1 is 1.26 bits per heavy atom. The third-order valence-electron chi connectivity index (χ3n) is 3.44. The molecule has 19 heavy (non-hydrogen) atoms. The fourth-order valence-corrected chi connectivity index (χ4v) is 2.32. The highest BCUT2D eigenvalue weighted by Crippen LogP contribution is 2.31. The Morgan fingerprint density at radius 2 is 1.95 bits per heavy atom. The molecule has 0 amide bonds. The number of nitrogens with two attached hydrogens (primary N) is 1. The molecule has 2 rings (SSSR count). The first-order chi connectivity index (χ1) is 9.21. The molecule has 2 N–H and O–H groups in total. The highest BCUT2D eigenvalue weighted by molar-refractivity contribution is 5.69. The van der Waals surface area contributed by atoms with Crippen molar-refractivity contribution in [2.45, 2.75) is 32.7 Å². The first-order valence-corrected chi connectivity index (χ1v) is 6.69. The Balaban J connectivity index is 2.44. The Labute approximate surface area is 114 Å². The summed E-state index contributed by atoms with van der Waals surface area (Å²) in [5, 5.41) is 4.64. The van der Waals surface area contributed by atoms with E-state index in [9.17, 15) is 0 Å². The topological polar surface area (TPSA) is 53.1 Å². The lowest BCUT2D eigenvalue weighted by molar-refractivity contribution is 0.415. The summed E-state index contributed by atoms with van der Waals surface area (Å²) in [4.78, 5) is 0. The van der Waals surface area contributed by atoms with Crippen LogP contribution in [0.2, 0.25) is 0 Å². The number of nitrogens with zero attached hydrogens (tertiary/aromatic N) is 2. The summed E-state index contributed by atoms with van der Waals surface area (Å²) >= 11 is 0. The lowest BCUT2D eigenvalue weighted by Crippen LogP contribution is -2.11. The lowest BCUT2D eigenvalue weighted by Gasteiger charge is -2.14. The van der Waals surface area contributed by atoms with Gasteiger partial charge in [0, 0.05) is 11.6 Å². The minimum atomic E-state index is 0.350. The molecule has 1 aromatic heterocycles. The van der Waals surface area contributed by atoms with E-state index >= 15 is 0 Å². The molecule has 0 aliphatic heterocycles. The van der Waals surface area contributed by atoms with Crippen LogP contribution in [-0.4, -0.2) is 16.9 Å². The van der Waals surface area contributed by atoms with Gasteiger partial charge in [-0.2, -0.15) is 5.10 Å². The molecule has 102 valence electrons. The van der Waals surface area contributed by atoms with Crippen molar-refractivity contribution < 1.29 is 4.74 Å². The molecule has 0 radical (unpaired) electrons. The van der Waals surface area contributed by atoms with Crippen molar-refractivity contribution in [3.8, 4) is 17.0 Å². The maximum absolute atomic E-state index is 6.08. The van der Waals surface area contributed by atoms with Crippen molar-refractivity contribution in [3.05, 3.63) is 30.3 Å². The molecule has 0 bridgehead atoms. The van der Waals surface area contributed by atoms with Gasteiger partial charge in [-0.05, 0) is 25.0 Å². The van der Waals surface area contributed by atoms with Gasteiger partial charge in [0.2, 0.25) is 0 Å². The second-order valence-electron chi connectivity index (χ2n) is 4.57. The van der Waals surface area contributed by atoms with Gasteiger partial charge < -0.3 is 10.5 Å². The fourth-order valence-electron chi connectivity index (χ4n) is 2.32. The summed E-state index contributed by atoms with van der Waals surface area (Å²) < 4.78 is 7.29. The number of aromatic nitrogens is 2. The van der Waals surface area contributed by atoms with E-state index in [4.69, 9.17) is 10.5 Å². The van der Waals surface area contributed by atoms with Crippen molar-refractivity contribution in [1.82, 2.24) is 9.78 Å². The first kappa shape index (κ1) is 13.5. The lowest BCUT2D eigenvalue weighted by atomic mass is 10.1. The molecule has 0 unspecified atom stereocenters. The van der Waals surface area contributed by atoms with E-state index < -0.39 is 0 Å². The average Bonchev–Trinajstić information content (AvgIpc) is 2.82. The van der Waals surface area contributed by atoms with Crippen LogP contribution in [0.25, 0.3) is 11.3 Å². The third kappa shape index (κ3) is 2.57. The summed E-state index contributed by atoms with van der Waals surface area (Å²) in [5.74, 6) is 1.52. The van der Waals surface area contributed by atoms with E-state index in [0.717, 1.165) is 29.8 Å². The minimum Gasteiger partial charge on any atom is -0.496 e. The number of hydrogen-bond acceptors (Lipinski definition) is 3. The molecule has 1 aromatic carbocycles. The molecular weight excluding hydrogens is 238 g/mol. The molecule has 2 aromatic rings. The van der Waals surface area contributed by atoms with E-state index in [2.05, 4.69) is 18.9 Å². The monoisotopic (exact) mass is 259 g/mol. The molecule has 0 fully saturated rings. The van der Waals surface area contributed by atoms with E-state index in [1.807, 2.05) is 35.0 Å². The normalized spacial score (nSPS) is 10.9. The van der Waals surface area contributed by atoms with E-state index in [1.165, 1.54) is 0 Å². The van der Waals surface area contributed by atoms with Gasteiger partial charge in [0.25, 0.3) is 0 Å². The molecule has 0 aliphatic carbocycles. The van der Waals surface area contributed by atoms with Crippen molar-refractivity contribution >= 4 is 5.82 Å². The van der Waals surface area contributed by atoms with Gasteiger partial charge in [0.15, 0.2) is 0 Å². The number of anilines is 1. The number of methoxy groups -OCH3 is 1. The quantitative estimate of drug-likeness (QED) is 0.894. The Kier molecular flexibility index (Phi) is 4.10. The Morgan fingerprint density at radius 3 is 2.58 bits per heavy atom. The maximum atomic E-state index is 6.08. The van der Waals surface area contributed by atoms with Crippen molar-refractivity contribution in [3.63, 3.8) is 0 Å². The molecule has 0 atom stereocenters. The van der Waals surface area contributed by atoms with E-state index in [0.29, 0.717) is 11.9 Å². The molecule has 4 nitrogen and oxygen atoms in total. The van der Waals surface area contributed by atoms with Crippen LogP contribution in [0.4, 0.5) is 5.82 Å². The van der Waals surface area contributed by atoms with Crippen LogP contribution < -0.4 is 10.5 Å². The van der Waals surface area contributed by atoms with Gasteiger partial charge in [-0.3, -0.25) is 0 Å². The van der Waals surface area contributed by atoms with Crippen LogP contribution in [0.3, 0.4) is 0 Å². The van der Waals surface area contributed by atoms with Crippen molar-refractivity contribution in [2.75, 3.05) is 12.8 Å². The fraction of sp³-hybridized carbons (Fsp3) is 0.400. The van der Waals surface area contributed by atoms with Crippen LogP contribution in [0.15, 0.2) is 30.3 Å². The first-order valence-electron chi connectivity index (χ1n) is 6.69. The number of para-hydroxylation sites is 1. The van der Waals surface area contributed by atoms with Crippen LogP contribution in [-0.2, 0) is 0 Å². The molecule has 0 aliphatic rings. The van der Waals surface area contributed by atoms with E-state index in [1.54, 1.807) is 7.11 Å². The highest BCUT2D eigenvalue weighted by atomic mass is 16.5. The van der Waals surface area contributed by atoms with Crippen LogP contribution in [0, 0.1) is 0 Å². The van der Waals surface area contributed by atoms with Crippen molar-refractivity contribution in [1.29, 1.82) is 0 Å². The van der Waals surface area contributed by atoms with Gasteiger partial charge in [0.05, 0.1) is 18.8 Å². The molecule has 0 saturated carbocycles. The highest BCUT2D eigenvalue weighted by Gasteiger charge is 2.15. The second kappa shape index (κ2) is 5.78. The van der Waals surface area contributed by atoms with Crippen LogP contribution >= 0.6 is 0 Å². The molecule has 0 saturated heterocycles. The summed E-state index contributed by atoms with van der Waals surface area (Å²) in [6.45, 7) is 4.30. The minimum absolute atomic E-state index is 0.350. The zero-order chi connectivity index (χ0) is 13.8. The standard InChI is InChI=1S/C15H21N3O/c1-4-11(5-2)18-15(16)10-13(17-18)12-8-6-7-9-14(12)19-3/h6-11H,4-5,16H2,1-3H3. The smallest absolute Gasteiger partial charge is 0.128 e. The van der Waals surface area contributed by atoms with E-state index in [-0.39, 0.29) is 0 Å². The third-order valence-corrected chi connectivity index (χ3v) is 3.44. The largest absolute Gasteiger partial charge is 0.496 e. The Bertz CT molecular complexity index is 544. The number of ether oxygens (including phenoxy) is 1. The zero-order valence-corrected chi connectivity index (χ0v) is 11.8. The summed E-state index contributed by atoms with van der Waals surface area (Å²) in [5.41, 5.74) is 7.92. The maximum Gasteiger partial charge on any atom is 0.128 e. The van der Waals surface area contributed by atoms with Gasteiger partial charge in [-0.1, -0.05) is 26.0 Å². The van der Waals surface area contributed by atoms with Crippen LogP contribution in [0.1, 0.15) is 32.7 Å². The number of rotatable bonds is 5. The van der Waals surface area contributed by atoms with Gasteiger partial charge in [-0.25, -0.2) is 4.68 Å². The zero-order valence-electron chi connectivity index (χ0n) is 11.8. The molecule has 0 spiro atoms. The summed E-state index contributed by atoms with van der Waals surface area (Å²) in [6, 6.07) is 10.1. The second-order valence-corrected chi connectivity index (χ2v) is 4.57. The SMILES string of the molecule is CCC(CC)n1nc(-c2ccccc2OC)cc1N. The predicted octanol–water partition coefficient (Wildman–Crippen LogP) is 3.50. The van der Waals surface area contributed by atoms with Crippen molar-refractivity contribution in [2.24, 2.45) is 0 Å². The predicted molar refractivity (Wildman–Crippen MR) is 78.2 cm³/mol. The van der Waals surface area contributed by atoms with Gasteiger partial charge in [0.1, 0.15) is 11.6 Å². The number of nitrogen functional groups attached to an aromatic ring is 1. The number of benzene rings is 1. The Hall–Kier alpha value is -1.97. The van der Waals surface area contributed by atoms with Gasteiger partial charge >= 0.3 is 0 Å². The molecule has 4 heteroatoms. The van der Waals surface area contributed by atoms with Gasteiger partial charge in [-0.15, -0.1) is 0 Å². The van der Waals surface area contributed by atoms with Crippen LogP contribution in [0.5, 0.6) is 5.75 Å². The number of hydrogen-bond donors (Lipinski definition) is 1. The summed E-state index contributed by atoms with van der Waals surface area (Å²) in [6.07, 6.45) is 2.04. The summed E-state index contributed by atoms with van der Waals surface area (Å²) in [7, 11) is 1.67. The average molecular weight is 259 g/mol. The molecular formula is C15H21N3O.